The third-order valence-electron chi connectivity index (χ3n) is 6.36. The van der Waals surface area contributed by atoms with Gasteiger partial charge in [-0.25, -0.2) is 9.78 Å². The molecule has 1 amide bonds. The second-order valence-electron chi connectivity index (χ2n) is 8.46. The number of hydrogen-bond acceptors (Lipinski definition) is 7. The molecule has 1 atom stereocenters. The van der Waals surface area contributed by atoms with Crippen LogP contribution in [0.25, 0.3) is 22.2 Å². The van der Waals surface area contributed by atoms with Crippen molar-refractivity contribution in [3.8, 4) is 16.9 Å². The number of thiophene rings is 1. The molecule has 2 aromatic heterocycles. The first kappa shape index (κ1) is 20.5. The summed E-state index contributed by atoms with van der Waals surface area (Å²) >= 11 is 1.58. The maximum atomic E-state index is 13.6. The van der Waals surface area contributed by atoms with Gasteiger partial charge >= 0.3 is 5.97 Å². The third kappa shape index (κ3) is 3.34. The van der Waals surface area contributed by atoms with Crippen LogP contribution in [0.5, 0.6) is 5.75 Å². The van der Waals surface area contributed by atoms with Gasteiger partial charge in [-0.05, 0) is 47.9 Å². The van der Waals surface area contributed by atoms with Gasteiger partial charge in [-0.15, -0.1) is 0 Å². The molecule has 0 aliphatic carbocycles. The molecule has 5 N–H and O–H groups in total. The van der Waals surface area contributed by atoms with E-state index in [1.807, 2.05) is 22.9 Å². The van der Waals surface area contributed by atoms with Crippen molar-refractivity contribution in [2.24, 2.45) is 0 Å². The van der Waals surface area contributed by atoms with Gasteiger partial charge in [0.05, 0.1) is 22.3 Å². The van der Waals surface area contributed by atoms with E-state index in [1.54, 1.807) is 34.4 Å². The summed E-state index contributed by atoms with van der Waals surface area (Å²) < 4.78 is 5.99. The van der Waals surface area contributed by atoms with Gasteiger partial charge in [0, 0.05) is 35.0 Å². The molecule has 2 aliphatic rings. The monoisotopic (exact) mass is 475 g/mol. The zero-order valence-electron chi connectivity index (χ0n) is 18.0. The number of fused-ring (bicyclic) bond motifs is 4. The predicted molar refractivity (Wildman–Crippen MR) is 131 cm³/mol. The molecule has 0 radical (unpaired) electrons. The van der Waals surface area contributed by atoms with E-state index in [2.05, 4.69) is 15.3 Å². The summed E-state index contributed by atoms with van der Waals surface area (Å²) in [6, 6.07) is 8.24. The van der Waals surface area contributed by atoms with Crippen LogP contribution in [0.2, 0.25) is 0 Å². The Kier molecular flexibility index (Phi) is 4.70. The number of benzene rings is 2. The maximum Gasteiger partial charge on any atom is 0.326 e. The van der Waals surface area contributed by atoms with Gasteiger partial charge in [-0.3, -0.25) is 4.79 Å². The number of nitrogens with two attached hydrogens (primary N) is 1. The van der Waals surface area contributed by atoms with Crippen LogP contribution >= 0.6 is 11.3 Å². The molecule has 2 aromatic carbocycles. The van der Waals surface area contributed by atoms with E-state index < -0.39 is 12.0 Å². The van der Waals surface area contributed by atoms with Crippen LogP contribution in [0.4, 0.5) is 17.3 Å². The number of H-pyrrole nitrogens is 1. The Balaban J connectivity index is 1.44. The molecule has 0 bridgehead atoms. The SMILES string of the molecule is Nc1nc2ccc(NC(=O)c3cc4c(cc3N3CCC[C@@H]3C(=O)O)OCc3cscc3-4)cc2[nH]1. The highest BCUT2D eigenvalue weighted by atomic mass is 32.1. The first-order chi connectivity index (χ1) is 16.5. The number of carboxylic acid groups (broad SMARTS) is 1. The second-order valence-corrected chi connectivity index (χ2v) is 9.21. The van der Waals surface area contributed by atoms with E-state index in [1.165, 1.54) is 0 Å². The topological polar surface area (TPSA) is 134 Å². The minimum atomic E-state index is -0.898. The Morgan fingerprint density at radius 3 is 2.97 bits per heavy atom. The molecule has 2 aliphatic heterocycles. The van der Waals surface area contributed by atoms with Crippen molar-refractivity contribution in [1.82, 2.24) is 9.97 Å². The van der Waals surface area contributed by atoms with Gasteiger partial charge in [-0.1, -0.05) is 0 Å². The van der Waals surface area contributed by atoms with Gasteiger partial charge in [0.15, 0.2) is 5.95 Å². The Labute approximate surface area is 198 Å². The number of hydrogen-bond donors (Lipinski definition) is 4. The van der Waals surface area contributed by atoms with E-state index in [-0.39, 0.29) is 5.91 Å². The smallest absolute Gasteiger partial charge is 0.326 e. The van der Waals surface area contributed by atoms with Crippen molar-refractivity contribution in [2.75, 3.05) is 22.5 Å². The van der Waals surface area contributed by atoms with Crippen LogP contribution in [0.3, 0.4) is 0 Å². The highest BCUT2D eigenvalue weighted by Gasteiger charge is 2.34. The lowest BCUT2D eigenvalue weighted by molar-refractivity contribution is -0.138. The third-order valence-corrected chi connectivity index (χ3v) is 7.16. The summed E-state index contributed by atoms with van der Waals surface area (Å²) in [6.45, 7) is 1.01. The number of nitrogens with one attached hydrogen (secondary N) is 2. The largest absolute Gasteiger partial charge is 0.488 e. The molecule has 10 heteroatoms. The summed E-state index contributed by atoms with van der Waals surface area (Å²) in [5, 5.41) is 16.8. The number of aliphatic carboxylic acids is 1. The fraction of sp³-hybridized carbons (Fsp3) is 0.208. The van der Waals surface area contributed by atoms with Crippen molar-refractivity contribution in [3.05, 3.63) is 52.2 Å². The first-order valence-corrected chi connectivity index (χ1v) is 11.8. The fourth-order valence-corrected chi connectivity index (χ4v) is 5.60. The lowest BCUT2D eigenvalue weighted by atomic mass is 9.97. The van der Waals surface area contributed by atoms with E-state index >= 15 is 0 Å². The molecule has 0 unspecified atom stereocenters. The van der Waals surface area contributed by atoms with E-state index in [0.717, 1.165) is 23.1 Å². The Morgan fingerprint density at radius 1 is 1.24 bits per heavy atom. The minimum Gasteiger partial charge on any atom is -0.488 e. The fourth-order valence-electron chi connectivity index (χ4n) is 4.76. The number of aromatic nitrogens is 2. The molecule has 172 valence electrons. The summed E-state index contributed by atoms with van der Waals surface area (Å²) in [4.78, 5) is 34.4. The quantitative estimate of drug-likeness (QED) is 0.350. The van der Waals surface area contributed by atoms with Crippen LogP contribution in [-0.2, 0) is 11.4 Å². The van der Waals surface area contributed by atoms with Crippen molar-refractivity contribution >= 4 is 51.6 Å². The van der Waals surface area contributed by atoms with Gasteiger partial charge in [0.1, 0.15) is 18.4 Å². The highest BCUT2D eigenvalue weighted by Crippen LogP contribution is 2.44. The standard InChI is InChI=1S/C24H21N5O4S/c25-24-27-17-4-3-13(6-18(17)28-24)26-22(30)15-7-14-16-11-34-10-12(16)9-33-21(14)8-20(15)29-5-1-2-19(29)23(31)32/h3-4,6-8,10-11,19H,1-2,5,9H2,(H,26,30)(H,31,32)(H3,25,27,28)/t19-/m1/s1. The average molecular weight is 476 g/mol. The number of carboxylic acids is 1. The minimum absolute atomic E-state index is 0.302. The number of carbonyl (C=O) groups excluding carboxylic acids is 1. The van der Waals surface area contributed by atoms with Crippen LogP contribution in [-0.4, -0.2) is 39.5 Å². The molecule has 0 saturated carbocycles. The Hall–Kier alpha value is -4.05. The van der Waals surface area contributed by atoms with Gasteiger partial charge < -0.3 is 30.8 Å². The number of aromatic amines is 1. The van der Waals surface area contributed by atoms with E-state index in [9.17, 15) is 14.7 Å². The second kappa shape index (κ2) is 7.77. The molecule has 1 saturated heterocycles. The molecule has 9 nitrogen and oxygen atoms in total. The summed E-state index contributed by atoms with van der Waals surface area (Å²) in [5.74, 6) is -0.272. The van der Waals surface area contributed by atoms with Crippen LogP contribution < -0.4 is 20.7 Å². The molecule has 4 aromatic rings. The zero-order chi connectivity index (χ0) is 23.4. The van der Waals surface area contributed by atoms with Crippen molar-refractivity contribution < 1.29 is 19.4 Å². The lowest BCUT2D eigenvalue weighted by Gasteiger charge is -2.28. The number of carbonyl (C=O) groups is 2. The molecule has 4 heterocycles. The first-order valence-electron chi connectivity index (χ1n) is 10.9. The number of ether oxygens (including phenoxy) is 1. The maximum absolute atomic E-state index is 13.6. The average Bonchev–Trinajstić information content (AvgIpc) is 3.56. The molecular formula is C24H21N5O4S. The van der Waals surface area contributed by atoms with Gasteiger partial charge in [0.2, 0.25) is 0 Å². The number of imidazole rings is 1. The number of rotatable bonds is 4. The normalized spacial score (nSPS) is 16.7. The van der Waals surface area contributed by atoms with Crippen LogP contribution in [0.15, 0.2) is 41.1 Å². The predicted octanol–water partition coefficient (Wildman–Crippen LogP) is 4.07. The molecule has 1 fully saturated rings. The summed E-state index contributed by atoms with van der Waals surface area (Å²) in [5.41, 5.74) is 11.6. The van der Waals surface area contributed by atoms with Crippen molar-refractivity contribution in [2.45, 2.75) is 25.5 Å². The summed E-state index contributed by atoms with van der Waals surface area (Å²) in [7, 11) is 0. The highest BCUT2D eigenvalue weighted by molar-refractivity contribution is 7.08. The molecular weight excluding hydrogens is 454 g/mol. The number of nitrogens with zero attached hydrogens (tertiary/aromatic N) is 2. The van der Waals surface area contributed by atoms with Crippen molar-refractivity contribution in [3.63, 3.8) is 0 Å². The number of amides is 1. The van der Waals surface area contributed by atoms with Crippen molar-refractivity contribution in [1.29, 1.82) is 0 Å². The van der Waals surface area contributed by atoms with E-state index in [0.29, 0.717) is 59.2 Å². The molecule has 0 spiro atoms. The Bertz CT molecular complexity index is 1460. The number of anilines is 3. The van der Waals surface area contributed by atoms with Crippen LogP contribution in [0, 0.1) is 0 Å². The Morgan fingerprint density at radius 2 is 2.12 bits per heavy atom. The molecule has 6 rings (SSSR count). The molecule has 34 heavy (non-hydrogen) atoms. The number of nitrogen functional groups attached to an aromatic ring is 1. The van der Waals surface area contributed by atoms with Gasteiger partial charge in [0.25, 0.3) is 5.91 Å². The van der Waals surface area contributed by atoms with Gasteiger partial charge in [-0.2, -0.15) is 11.3 Å². The zero-order valence-corrected chi connectivity index (χ0v) is 18.8. The van der Waals surface area contributed by atoms with E-state index in [4.69, 9.17) is 10.5 Å². The van der Waals surface area contributed by atoms with Crippen LogP contribution in [0.1, 0.15) is 28.8 Å². The summed E-state index contributed by atoms with van der Waals surface area (Å²) in [6.07, 6.45) is 1.27. The lowest BCUT2D eigenvalue weighted by Crippen LogP contribution is -2.37.